The van der Waals surface area contributed by atoms with Gasteiger partial charge in [0.15, 0.2) is 0 Å². The number of nitrogens with zero attached hydrogens (tertiary/aromatic N) is 1. The van der Waals surface area contributed by atoms with E-state index in [1.807, 2.05) is 13.0 Å². The van der Waals surface area contributed by atoms with E-state index in [0.717, 1.165) is 11.9 Å². The molecule has 0 aliphatic carbocycles. The molecule has 2 rings (SSSR count). The molecule has 0 saturated carbocycles. The van der Waals surface area contributed by atoms with Crippen LogP contribution < -0.4 is 0 Å². The first-order chi connectivity index (χ1) is 7.16. The van der Waals surface area contributed by atoms with E-state index in [1.54, 1.807) is 11.3 Å². The minimum absolute atomic E-state index is 0.206. The minimum Gasteiger partial charge on any atom is -0.241 e. The van der Waals surface area contributed by atoms with E-state index in [-0.39, 0.29) is 5.38 Å². The number of hydrogen-bond acceptors (Lipinski definition) is 2. The van der Waals surface area contributed by atoms with Gasteiger partial charge in [0, 0.05) is 11.8 Å². The quantitative estimate of drug-likeness (QED) is 0.735. The van der Waals surface area contributed by atoms with Gasteiger partial charge in [0.05, 0.1) is 15.2 Å². The van der Waals surface area contributed by atoms with Crippen molar-refractivity contribution in [2.24, 2.45) is 5.92 Å². The third-order valence-electron chi connectivity index (χ3n) is 2.62. The molecule has 1 nitrogen and oxygen atoms in total. The van der Waals surface area contributed by atoms with Gasteiger partial charge in [-0.1, -0.05) is 19.1 Å². The highest BCUT2D eigenvalue weighted by molar-refractivity contribution is 7.18. The second kappa shape index (κ2) is 4.50. The molecule has 2 aromatic rings. The summed E-state index contributed by atoms with van der Waals surface area (Å²) in [6.45, 7) is 4.21. The number of hydrogen-bond donors (Lipinski definition) is 0. The summed E-state index contributed by atoms with van der Waals surface area (Å²) in [5.74, 6) is 0.479. The molecule has 0 amide bonds. The summed E-state index contributed by atoms with van der Waals surface area (Å²) in [7, 11) is 0. The number of rotatable bonds is 3. The van der Waals surface area contributed by atoms with Crippen molar-refractivity contribution in [3.8, 4) is 0 Å². The van der Waals surface area contributed by atoms with Crippen molar-refractivity contribution < 1.29 is 0 Å². The van der Waals surface area contributed by atoms with E-state index in [1.165, 1.54) is 9.71 Å². The number of fused-ring (bicyclic) bond motifs is 1. The Kier molecular flexibility index (Phi) is 3.27. The van der Waals surface area contributed by atoms with Crippen LogP contribution in [0.4, 0.5) is 0 Å². The van der Waals surface area contributed by atoms with Gasteiger partial charge in [-0.2, -0.15) is 0 Å². The number of alkyl halides is 1. The summed E-state index contributed by atoms with van der Waals surface area (Å²) in [6.07, 6.45) is 0.976. The van der Waals surface area contributed by atoms with Crippen LogP contribution >= 0.6 is 22.9 Å². The SMILES string of the molecule is CC(Cl)C(C)Cc1nc2ccccc2s1. The van der Waals surface area contributed by atoms with Crippen molar-refractivity contribution in [3.63, 3.8) is 0 Å². The lowest BCUT2D eigenvalue weighted by Crippen LogP contribution is -2.09. The van der Waals surface area contributed by atoms with E-state index in [4.69, 9.17) is 11.6 Å². The largest absolute Gasteiger partial charge is 0.241 e. The smallest absolute Gasteiger partial charge is 0.0941 e. The van der Waals surface area contributed by atoms with Gasteiger partial charge in [-0.15, -0.1) is 22.9 Å². The average Bonchev–Trinajstić information content (AvgIpc) is 2.59. The van der Waals surface area contributed by atoms with Crippen LogP contribution in [0, 0.1) is 5.92 Å². The van der Waals surface area contributed by atoms with Gasteiger partial charge in [0.2, 0.25) is 0 Å². The lowest BCUT2D eigenvalue weighted by molar-refractivity contribution is 0.567. The predicted molar refractivity (Wildman–Crippen MR) is 67.8 cm³/mol. The zero-order chi connectivity index (χ0) is 10.8. The Balaban J connectivity index is 2.22. The molecule has 1 aromatic heterocycles. The monoisotopic (exact) mass is 239 g/mol. The van der Waals surface area contributed by atoms with E-state index in [0.29, 0.717) is 5.92 Å². The van der Waals surface area contributed by atoms with Crippen molar-refractivity contribution in [2.75, 3.05) is 0 Å². The third-order valence-corrected chi connectivity index (χ3v) is 4.11. The summed E-state index contributed by atoms with van der Waals surface area (Å²) in [6, 6.07) is 8.26. The van der Waals surface area contributed by atoms with Crippen LogP contribution in [-0.4, -0.2) is 10.4 Å². The summed E-state index contributed by atoms with van der Waals surface area (Å²) < 4.78 is 1.27. The van der Waals surface area contributed by atoms with Crippen LogP contribution in [0.5, 0.6) is 0 Å². The highest BCUT2D eigenvalue weighted by atomic mass is 35.5. The molecule has 0 aliphatic heterocycles. The fourth-order valence-electron chi connectivity index (χ4n) is 1.45. The molecular weight excluding hydrogens is 226 g/mol. The minimum atomic E-state index is 0.206. The number of para-hydroxylation sites is 1. The van der Waals surface area contributed by atoms with Crippen LogP contribution in [0.3, 0.4) is 0 Å². The molecule has 1 heterocycles. The predicted octanol–water partition coefficient (Wildman–Crippen LogP) is 4.10. The Morgan fingerprint density at radius 3 is 2.73 bits per heavy atom. The first kappa shape index (κ1) is 10.9. The Morgan fingerprint density at radius 2 is 2.07 bits per heavy atom. The van der Waals surface area contributed by atoms with Crippen LogP contribution in [0.15, 0.2) is 24.3 Å². The maximum atomic E-state index is 6.05. The Bertz CT molecular complexity index is 417. The Morgan fingerprint density at radius 1 is 1.33 bits per heavy atom. The summed E-state index contributed by atoms with van der Waals surface area (Å²) in [5, 5.41) is 1.40. The number of aromatic nitrogens is 1. The molecule has 0 spiro atoms. The van der Waals surface area contributed by atoms with Gasteiger partial charge in [-0.25, -0.2) is 4.98 Å². The second-order valence-electron chi connectivity index (χ2n) is 3.93. The summed E-state index contributed by atoms with van der Waals surface area (Å²) in [4.78, 5) is 4.59. The molecule has 0 N–H and O–H groups in total. The molecular formula is C12H14ClNS. The molecule has 0 fully saturated rings. The maximum Gasteiger partial charge on any atom is 0.0941 e. The first-order valence-corrected chi connectivity index (χ1v) is 6.40. The van der Waals surface area contributed by atoms with E-state index < -0.39 is 0 Å². The van der Waals surface area contributed by atoms with Gasteiger partial charge in [0.1, 0.15) is 0 Å². The van der Waals surface area contributed by atoms with Crippen LogP contribution in [-0.2, 0) is 6.42 Å². The zero-order valence-corrected chi connectivity index (χ0v) is 10.5. The molecule has 80 valence electrons. The Labute approximate surface area is 99.1 Å². The number of benzene rings is 1. The van der Waals surface area contributed by atoms with Gasteiger partial charge < -0.3 is 0 Å². The Hall–Kier alpha value is -0.600. The second-order valence-corrected chi connectivity index (χ2v) is 5.74. The van der Waals surface area contributed by atoms with Crippen LogP contribution in [0.1, 0.15) is 18.9 Å². The fourth-order valence-corrected chi connectivity index (χ4v) is 2.64. The standard InChI is InChI=1S/C12H14ClNS/c1-8(9(2)13)7-12-14-10-5-3-4-6-11(10)15-12/h3-6,8-9H,7H2,1-2H3. The average molecular weight is 240 g/mol. The molecule has 0 radical (unpaired) electrons. The molecule has 15 heavy (non-hydrogen) atoms. The van der Waals surface area contributed by atoms with Gasteiger partial charge >= 0.3 is 0 Å². The van der Waals surface area contributed by atoms with E-state index in [2.05, 4.69) is 30.1 Å². The maximum absolute atomic E-state index is 6.05. The third kappa shape index (κ3) is 2.50. The van der Waals surface area contributed by atoms with Crippen molar-refractivity contribution in [1.29, 1.82) is 0 Å². The van der Waals surface area contributed by atoms with Crippen LogP contribution in [0.25, 0.3) is 10.2 Å². The summed E-state index contributed by atoms with van der Waals surface area (Å²) in [5.41, 5.74) is 1.10. The molecule has 0 aliphatic rings. The van der Waals surface area contributed by atoms with E-state index >= 15 is 0 Å². The van der Waals surface area contributed by atoms with Crippen molar-refractivity contribution in [1.82, 2.24) is 4.98 Å². The molecule has 2 atom stereocenters. The molecule has 2 unspecified atom stereocenters. The van der Waals surface area contributed by atoms with Crippen LogP contribution in [0.2, 0.25) is 0 Å². The lowest BCUT2D eigenvalue weighted by Gasteiger charge is -2.10. The first-order valence-electron chi connectivity index (χ1n) is 5.15. The van der Waals surface area contributed by atoms with Crippen molar-refractivity contribution >= 4 is 33.2 Å². The van der Waals surface area contributed by atoms with Gasteiger partial charge in [0.25, 0.3) is 0 Å². The normalized spacial score (nSPS) is 15.4. The molecule has 3 heteroatoms. The molecule has 0 bridgehead atoms. The van der Waals surface area contributed by atoms with Crippen molar-refractivity contribution in [2.45, 2.75) is 25.6 Å². The van der Waals surface area contributed by atoms with Gasteiger partial charge in [-0.3, -0.25) is 0 Å². The van der Waals surface area contributed by atoms with Gasteiger partial charge in [-0.05, 0) is 25.0 Å². The molecule has 1 aromatic carbocycles. The lowest BCUT2D eigenvalue weighted by atomic mass is 10.1. The van der Waals surface area contributed by atoms with E-state index in [9.17, 15) is 0 Å². The number of thiazole rings is 1. The fraction of sp³-hybridized carbons (Fsp3) is 0.417. The zero-order valence-electron chi connectivity index (χ0n) is 8.90. The molecule has 0 saturated heterocycles. The number of halogens is 1. The topological polar surface area (TPSA) is 12.9 Å². The highest BCUT2D eigenvalue weighted by Gasteiger charge is 2.12. The highest BCUT2D eigenvalue weighted by Crippen LogP contribution is 2.25. The van der Waals surface area contributed by atoms with Crippen molar-refractivity contribution in [3.05, 3.63) is 29.3 Å². The summed E-state index contributed by atoms with van der Waals surface area (Å²) >= 11 is 7.83.